The average molecular weight is 216 g/mol. The van der Waals surface area contributed by atoms with Crippen LogP contribution < -0.4 is 10.6 Å². The molecule has 0 saturated carbocycles. The van der Waals surface area contributed by atoms with Gasteiger partial charge in [-0.1, -0.05) is 0 Å². The molecule has 0 aromatic heterocycles. The highest BCUT2D eigenvalue weighted by molar-refractivity contribution is 7.99. The summed E-state index contributed by atoms with van der Waals surface area (Å²) >= 11 is 2.14. The van der Waals surface area contributed by atoms with Crippen molar-refractivity contribution < 1.29 is 0 Å². The molecule has 1 rings (SSSR count). The molecule has 1 saturated heterocycles. The van der Waals surface area contributed by atoms with Gasteiger partial charge in [0.25, 0.3) is 0 Å². The molecule has 0 radical (unpaired) electrons. The van der Waals surface area contributed by atoms with E-state index in [1.54, 1.807) is 0 Å². The Balaban J connectivity index is 1.97. The van der Waals surface area contributed by atoms with Gasteiger partial charge in [-0.05, 0) is 46.7 Å². The Bertz CT molecular complexity index is 148. The molecule has 0 atom stereocenters. The van der Waals surface area contributed by atoms with Crippen LogP contribution in [0.15, 0.2) is 0 Å². The number of piperidine rings is 1. The minimum atomic E-state index is 0.273. The molecule has 2 N–H and O–H groups in total. The topological polar surface area (TPSA) is 24.1 Å². The van der Waals surface area contributed by atoms with Crippen molar-refractivity contribution in [3.63, 3.8) is 0 Å². The van der Waals surface area contributed by atoms with Crippen molar-refractivity contribution in [3.05, 3.63) is 0 Å². The monoisotopic (exact) mass is 216 g/mol. The molecule has 0 aliphatic carbocycles. The maximum absolute atomic E-state index is 3.52. The summed E-state index contributed by atoms with van der Waals surface area (Å²) in [5.74, 6) is 1.25. The summed E-state index contributed by atoms with van der Waals surface area (Å²) in [4.78, 5) is 0. The SMILES string of the molecule is CC(C)(C)NCCSC1CCNCC1. The molecule has 1 aliphatic rings. The first-order chi connectivity index (χ1) is 6.58. The minimum absolute atomic E-state index is 0.273. The van der Waals surface area contributed by atoms with Crippen LogP contribution in [0.1, 0.15) is 33.6 Å². The Hall–Kier alpha value is 0.270. The maximum Gasteiger partial charge on any atom is 0.00968 e. The Morgan fingerprint density at radius 3 is 2.50 bits per heavy atom. The fraction of sp³-hybridized carbons (Fsp3) is 1.00. The molecule has 1 heterocycles. The molecule has 14 heavy (non-hydrogen) atoms. The normalized spacial score (nSPS) is 19.9. The fourth-order valence-electron chi connectivity index (χ4n) is 1.61. The van der Waals surface area contributed by atoms with Gasteiger partial charge in [0.05, 0.1) is 0 Å². The van der Waals surface area contributed by atoms with Crippen molar-refractivity contribution in [1.82, 2.24) is 10.6 Å². The molecule has 0 spiro atoms. The minimum Gasteiger partial charge on any atom is -0.317 e. The summed E-state index contributed by atoms with van der Waals surface area (Å²) in [5.41, 5.74) is 0.273. The van der Waals surface area contributed by atoms with Crippen LogP contribution in [-0.4, -0.2) is 36.2 Å². The summed E-state index contributed by atoms with van der Waals surface area (Å²) in [7, 11) is 0. The second-order valence-corrected chi connectivity index (χ2v) is 6.41. The largest absolute Gasteiger partial charge is 0.317 e. The zero-order valence-corrected chi connectivity index (χ0v) is 10.5. The van der Waals surface area contributed by atoms with Crippen LogP contribution in [0.5, 0.6) is 0 Å². The van der Waals surface area contributed by atoms with Gasteiger partial charge in [0, 0.05) is 23.1 Å². The van der Waals surface area contributed by atoms with E-state index in [-0.39, 0.29) is 5.54 Å². The van der Waals surface area contributed by atoms with Crippen molar-refractivity contribution >= 4 is 11.8 Å². The third-order valence-corrected chi connectivity index (χ3v) is 3.78. The third-order valence-electron chi connectivity index (χ3n) is 2.40. The van der Waals surface area contributed by atoms with Crippen molar-refractivity contribution in [2.45, 2.75) is 44.4 Å². The van der Waals surface area contributed by atoms with Crippen molar-refractivity contribution in [3.8, 4) is 0 Å². The van der Waals surface area contributed by atoms with E-state index in [0.717, 1.165) is 11.8 Å². The maximum atomic E-state index is 3.52. The van der Waals surface area contributed by atoms with E-state index in [4.69, 9.17) is 0 Å². The second kappa shape index (κ2) is 5.99. The van der Waals surface area contributed by atoms with E-state index in [2.05, 4.69) is 43.2 Å². The molecule has 0 aromatic carbocycles. The molecule has 0 unspecified atom stereocenters. The van der Waals surface area contributed by atoms with E-state index in [1.165, 1.54) is 31.7 Å². The molecular formula is C11H24N2S. The molecule has 2 nitrogen and oxygen atoms in total. The molecule has 3 heteroatoms. The van der Waals surface area contributed by atoms with Crippen molar-refractivity contribution in [1.29, 1.82) is 0 Å². The Kier molecular flexibility index (Phi) is 5.28. The van der Waals surface area contributed by atoms with E-state index in [0.29, 0.717) is 0 Å². The van der Waals surface area contributed by atoms with Gasteiger partial charge in [-0.25, -0.2) is 0 Å². The number of nitrogens with one attached hydrogen (secondary N) is 2. The average Bonchev–Trinajstić information content (AvgIpc) is 2.13. The second-order valence-electron chi connectivity index (χ2n) is 5.00. The lowest BCUT2D eigenvalue weighted by Crippen LogP contribution is -2.37. The number of thioether (sulfide) groups is 1. The van der Waals surface area contributed by atoms with Crippen molar-refractivity contribution in [2.75, 3.05) is 25.4 Å². The highest BCUT2D eigenvalue weighted by Gasteiger charge is 2.13. The highest BCUT2D eigenvalue weighted by Crippen LogP contribution is 2.19. The Morgan fingerprint density at radius 2 is 1.93 bits per heavy atom. The molecule has 0 amide bonds. The van der Waals surface area contributed by atoms with Gasteiger partial charge in [-0.2, -0.15) is 11.8 Å². The fourth-order valence-corrected chi connectivity index (χ4v) is 2.74. The zero-order chi connectivity index (χ0) is 10.4. The standard InChI is InChI=1S/C11H24N2S/c1-11(2,3)13-8-9-14-10-4-6-12-7-5-10/h10,12-13H,4-9H2,1-3H3. The molecular weight excluding hydrogens is 192 g/mol. The highest BCUT2D eigenvalue weighted by atomic mass is 32.2. The Morgan fingerprint density at radius 1 is 1.29 bits per heavy atom. The number of hydrogen-bond donors (Lipinski definition) is 2. The predicted molar refractivity (Wildman–Crippen MR) is 66.1 cm³/mol. The first-order valence-electron chi connectivity index (χ1n) is 5.65. The molecule has 1 fully saturated rings. The first-order valence-corrected chi connectivity index (χ1v) is 6.70. The van der Waals surface area contributed by atoms with E-state index in [9.17, 15) is 0 Å². The summed E-state index contributed by atoms with van der Waals surface area (Å²) in [6.45, 7) is 10.2. The zero-order valence-electron chi connectivity index (χ0n) is 9.73. The molecule has 1 aliphatic heterocycles. The summed E-state index contributed by atoms with van der Waals surface area (Å²) in [5, 5.41) is 7.83. The third kappa shape index (κ3) is 5.89. The first kappa shape index (κ1) is 12.3. The summed E-state index contributed by atoms with van der Waals surface area (Å²) in [6, 6.07) is 0. The van der Waals surface area contributed by atoms with Crippen LogP contribution in [0, 0.1) is 0 Å². The number of rotatable bonds is 4. The Labute approximate surface area is 92.6 Å². The van der Waals surface area contributed by atoms with Crippen LogP contribution in [0.3, 0.4) is 0 Å². The smallest absolute Gasteiger partial charge is 0.00968 e. The van der Waals surface area contributed by atoms with Crippen LogP contribution in [0.25, 0.3) is 0 Å². The van der Waals surface area contributed by atoms with Gasteiger partial charge < -0.3 is 10.6 Å². The van der Waals surface area contributed by atoms with Gasteiger partial charge in [0.2, 0.25) is 0 Å². The molecule has 0 bridgehead atoms. The van der Waals surface area contributed by atoms with Crippen molar-refractivity contribution in [2.24, 2.45) is 0 Å². The van der Waals surface area contributed by atoms with E-state index >= 15 is 0 Å². The molecule has 84 valence electrons. The summed E-state index contributed by atoms with van der Waals surface area (Å²) < 4.78 is 0. The predicted octanol–water partition coefficient (Wildman–Crippen LogP) is 1.86. The van der Waals surface area contributed by atoms with Gasteiger partial charge >= 0.3 is 0 Å². The van der Waals surface area contributed by atoms with Gasteiger partial charge in [-0.3, -0.25) is 0 Å². The number of hydrogen-bond acceptors (Lipinski definition) is 3. The van der Waals surface area contributed by atoms with Gasteiger partial charge in [-0.15, -0.1) is 0 Å². The lowest BCUT2D eigenvalue weighted by molar-refractivity contribution is 0.440. The lowest BCUT2D eigenvalue weighted by atomic mass is 10.1. The quantitative estimate of drug-likeness (QED) is 0.702. The van der Waals surface area contributed by atoms with Crippen LogP contribution in [-0.2, 0) is 0 Å². The van der Waals surface area contributed by atoms with Crippen LogP contribution in [0.2, 0.25) is 0 Å². The lowest BCUT2D eigenvalue weighted by Gasteiger charge is -2.24. The van der Waals surface area contributed by atoms with Crippen LogP contribution in [0.4, 0.5) is 0 Å². The summed E-state index contributed by atoms with van der Waals surface area (Å²) in [6.07, 6.45) is 2.69. The van der Waals surface area contributed by atoms with Crippen LogP contribution >= 0.6 is 11.8 Å². The molecule has 0 aromatic rings. The van der Waals surface area contributed by atoms with Gasteiger partial charge in [0.15, 0.2) is 0 Å². The van der Waals surface area contributed by atoms with E-state index < -0.39 is 0 Å². The van der Waals surface area contributed by atoms with Gasteiger partial charge in [0.1, 0.15) is 0 Å². The van der Waals surface area contributed by atoms with E-state index in [1.807, 2.05) is 0 Å².